The molecule has 0 amide bonds. The third-order valence-corrected chi connectivity index (χ3v) is 10.5. The smallest absolute Gasteiger partial charge is 0.165 e. The summed E-state index contributed by atoms with van der Waals surface area (Å²) in [4.78, 5) is 10.7. The molecule has 0 bridgehead atoms. The minimum atomic E-state index is 0.810. The Hall–Kier alpha value is -7.04. The lowest BCUT2D eigenvalue weighted by Crippen LogP contribution is -2.04. The van der Waals surface area contributed by atoms with E-state index in [0.29, 0.717) is 0 Å². The first-order valence-electron chi connectivity index (χ1n) is 17.7. The fourth-order valence-corrected chi connectivity index (χ4v) is 8.04. The van der Waals surface area contributed by atoms with Gasteiger partial charge < -0.3 is 4.57 Å². The van der Waals surface area contributed by atoms with Gasteiger partial charge in [-0.3, -0.25) is 4.57 Å². The molecule has 0 aliphatic carbocycles. The topological polar surface area (TPSA) is 35.6 Å². The molecule has 4 nitrogen and oxygen atoms in total. The zero-order chi connectivity index (χ0) is 34.2. The van der Waals surface area contributed by atoms with Crippen LogP contribution in [0.15, 0.2) is 182 Å². The number of para-hydroxylation sites is 3. The van der Waals surface area contributed by atoms with Crippen molar-refractivity contribution in [2.45, 2.75) is 0 Å². The summed E-state index contributed by atoms with van der Waals surface area (Å²) in [7, 11) is 0. The van der Waals surface area contributed by atoms with Crippen LogP contribution in [0.4, 0.5) is 0 Å². The van der Waals surface area contributed by atoms with Crippen molar-refractivity contribution in [3.63, 3.8) is 0 Å². The molecule has 11 aromatic rings. The molecule has 0 atom stereocenters. The van der Waals surface area contributed by atoms with E-state index in [9.17, 15) is 0 Å². The van der Waals surface area contributed by atoms with E-state index in [1.165, 1.54) is 49.0 Å². The number of fused-ring (bicyclic) bond motifs is 8. The third-order valence-electron chi connectivity index (χ3n) is 10.5. The Morgan fingerprint density at radius 1 is 0.327 bits per heavy atom. The van der Waals surface area contributed by atoms with Gasteiger partial charge in [-0.2, -0.15) is 0 Å². The van der Waals surface area contributed by atoms with Crippen molar-refractivity contribution in [3.8, 4) is 33.9 Å². The van der Waals surface area contributed by atoms with Gasteiger partial charge in [0.1, 0.15) is 5.69 Å². The Morgan fingerprint density at radius 3 is 1.60 bits per heavy atom. The summed E-state index contributed by atoms with van der Waals surface area (Å²) in [5, 5.41) is 7.25. The SMILES string of the molecule is c1ccc(-c2ccc3c(c2)c2cc4c5cc6ccccc6cc5n(-c5ccccc5)c4cc2n3-c2nc3ccccc3nc2-c2ccccc2)cc1. The van der Waals surface area contributed by atoms with Crippen molar-refractivity contribution in [1.29, 1.82) is 0 Å². The second-order valence-electron chi connectivity index (χ2n) is 13.5. The Labute approximate surface area is 299 Å². The number of benzene rings is 8. The first-order chi connectivity index (χ1) is 25.8. The predicted octanol–water partition coefficient (Wildman–Crippen LogP) is 12.3. The van der Waals surface area contributed by atoms with Gasteiger partial charge in [-0.25, -0.2) is 9.97 Å². The molecule has 3 aromatic heterocycles. The van der Waals surface area contributed by atoms with Gasteiger partial charge in [0.05, 0.1) is 33.1 Å². The zero-order valence-electron chi connectivity index (χ0n) is 28.1. The highest BCUT2D eigenvalue weighted by Gasteiger charge is 2.23. The van der Waals surface area contributed by atoms with Crippen molar-refractivity contribution in [2.75, 3.05) is 0 Å². The Bertz CT molecular complexity index is 3160. The fraction of sp³-hybridized carbons (Fsp3) is 0. The molecular formula is C48H30N4. The van der Waals surface area contributed by atoms with E-state index >= 15 is 0 Å². The van der Waals surface area contributed by atoms with Crippen molar-refractivity contribution < 1.29 is 0 Å². The number of nitrogens with zero attached hydrogens (tertiary/aromatic N) is 4. The van der Waals surface area contributed by atoms with Gasteiger partial charge in [-0.1, -0.05) is 121 Å². The zero-order valence-corrected chi connectivity index (χ0v) is 28.1. The van der Waals surface area contributed by atoms with E-state index in [0.717, 1.165) is 50.3 Å². The first kappa shape index (κ1) is 28.8. The summed E-state index contributed by atoms with van der Waals surface area (Å²) >= 11 is 0. The molecule has 242 valence electrons. The van der Waals surface area contributed by atoms with E-state index in [1.54, 1.807) is 0 Å². The molecule has 0 saturated carbocycles. The quantitative estimate of drug-likeness (QED) is 0.188. The maximum Gasteiger partial charge on any atom is 0.165 e. The van der Waals surface area contributed by atoms with Crippen LogP contribution in [0.25, 0.3) is 99.3 Å². The summed E-state index contributed by atoms with van der Waals surface area (Å²) in [5.41, 5.74) is 11.6. The summed E-state index contributed by atoms with van der Waals surface area (Å²) < 4.78 is 4.75. The molecule has 8 aromatic carbocycles. The van der Waals surface area contributed by atoms with Gasteiger partial charge in [-0.15, -0.1) is 0 Å². The van der Waals surface area contributed by atoms with Crippen LogP contribution in [0, 0.1) is 0 Å². The number of hydrogen-bond acceptors (Lipinski definition) is 2. The molecule has 3 heterocycles. The number of rotatable bonds is 4. The van der Waals surface area contributed by atoms with Gasteiger partial charge in [0.15, 0.2) is 5.82 Å². The van der Waals surface area contributed by atoms with Crippen molar-refractivity contribution in [1.82, 2.24) is 19.1 Å². The molecule has 0 aliphatic heterocycles. The van der Waals surface area contributed by atoms with Gasteiger partial charge in [0, 0.05) is 32.8 Å². The van der Waals surface area contributed by atoms with Gasteiger partial charge in [0.25, 0.3) is 0 Å². The lowest BCUT2D eigenvalue weighted by molar-refractivity contribution is 1.08. The van der Waals surface area contributed by atoms with Crippen LogP contribution < -0.4 is 0 Å². The monoisotopic (exact) mass is 662 g/mol. The summed E-state index contributed by atoms with van der Waals surface area (Å²) in [6, 6.07) is 64.9. The molecular weight excluding hydrogens is 633 g/mol. The highest BCUT2D eigenvalue weighted by molar-refractivity contribution is 6.21. The molecule has 0 aliphatic rings. The molecule has 52 heavy (non-hydrogen) atoms. The molecule has 0 N–H and O–H groups in total. The Morgan fingerprint density at radius 2 is 0.865 bits per heavy atom. The van der Waals surface area contributed by atoms with Gasteiger partial charge in [0.2, 0.25) is 0 Å². The normalized spacial score (nSPS) is 11.8. The van der Waals surface area contributed by atoms with E-state index < -0.39 is 0 Å². The van der Waals surface area contributed by atoms with Crippen LogP contribution in [0.5, 0.6) is 0 Å². The summed E-state index contributed by atoms with van der Waals surface area (Å²) in [6.45, 7) is 0. The second kappa shape index (κ2) is 11.2. The molecule has 0 fully saturated rings. The molecule has 11 rings (SSSR count). The number of hydrogen-bond donors (Lipinski definition) is 0. The van der Waals surface area contributed by atoms with Crippen molar-refractivity contribution in [3.05, 3.63) is 182 Å². The number of aromatic nitrogens is 4. The van der Waals surface area contributed by atoms with Crippen LogP contribution in [0.2, 0.25) is 0 Å². The van der Waals surface area contributed by atoms with Crippen LogP contribution in [-0.2, 0) is 0 Å². The first-order valence-corrected chi connectivity index (χ1v) is 17.7. The second-order valence-corrected chi connectivity index (χ2v) is 13.5. The minimum Gasteiger partial charge on any atom is -0.309 e. The fourth-order valence-electron chi connectivity index (χ4n) is 8.04. The lowest BCUT2D eigenvalue weighted by Gasteiger charge is -2.14. The van der Waals surface area contributed by atoms with Crippen LogP contribution in [0.1, 0.15) is 0 Å². The standard InChI is InChI=1S/C48H30N4/c1-4-14-31(15-5-1)35-24-25-43-37(27-35)39-29-40-38-26-33-18-10-11-19-34(33)28-44(38)51(36-20-8-3-9-21-36)45(40)30-46(39)52(43)48-47(32-16-6-2-7-17-32)49-41-22-12-13-23-42(41)50-48/h1-30H. The van der Waals surface area contributed by atoms with E-state index in [1.807, 2.05) is 24.3 Å². The Kier molecular flexibility index (Phi) is 6.22. The van der Waals surface area contributed by atoms with Crippen LogP contribution in [0.3, 0.4) is 0 Å². The van der Waals surface area contributed by atoms with E-state index in [4.69, 9.17) is 9.97 Å². The van der Waals surface area contributed by atoms with Crippen LogP contribution in [-0.4, -0.2) is 19.1 Å². The van der Waals surface area contributed by atoms with Gasteiger partial charge in [-0.05, 0) is 82.6 Å². The average Bonchev–Trinajstić information content (AvgIpc) is 3.70. The highest BCUT2D eigenvalue weighted by atomic mass is 15.1. The highest BCUT2D eigenvalue weighted by Crippen LogP contribution is 2.42. The van der Waals surface area contributed by atoms with Crippen molar-refractivity contribution >= 4 is 65.4 Å². The summed E-state index contributed by atoms with van der Waals surface area (Å²) in [6.07, 6.45) is 0. The largest absolute Gasteiger partial charge is 0.309 e. The molecule has 4 heteroatoms. The lowest BCUT2D eigenvalue weighted by atomic mass is 10.0. The molecule has 0 spiro atoms. The minimum absolute atomic E-state index is 0.810. The van der Waals surface area contributed by atoms with Gasteiger partial charge >= 0.3 is 0 Å². The van der Waals surface area contributed by atoms with E-state index in [-0.39, 0.29) is 0 Å². The molecule has 0 unspecified atom stereocenters. The van der Waals surface area contributed by atoms with Crippen LogP contribution >= 0.6 is 0 Å². The predicted molar refractivity (Wildman–Crippen MR) is 217 cm³/mol. The molecule has 0 radical (unpaired) electrons. The van der Waals surface area contributed by atoms with E-state index in [2.05, 4.69) is 167 Å². The molecule has 0 saturated heterocycles. The third kappa shape index (κ3) is 4.34. The summed E-state index contributed by atoms with van der Waals surface area (Å²) in [5.74, 6) is 0.810. The maximum absolute atomic E-state index is 5.41. The van der Waals surface area contributed by atoms with Crippen molar-refractivity contribution in [2.24, 2.45) is 0 Å². The Balaban J connectivity index is 1.33. The average molecular weight is 663 g/mol. The maximum atomic E-state index is 5.41.